The lowest BCUT2D eigenvalue weighted by molar-refractivity contribution is 0.0342. The lowest BCUT2D eigenvalue weighted by Crippen LogP contribution is -2.35. The maximum absolute atomic E-state index is 5.55. The molecule has 0 atom stereocenters. The number of hydrogen-bond donors (Lipinski definition) is 0. The van der Waals surface area contributed by atoms with E-state index in [0.29, 0.717) is 13.2 Å². The molecule has 0 spiro atoms. The maximum atomic E-state index is 5.55. The van der Waals surface area contributed by atoms with Crippen molar-refractivity contribution < 1.29 is 9.47 Å². The molecule has 8 heteroatoms. The van der Waals surface area contributed by atoms with E-state index in [2.05, 4.69) is 48.7 Å². The Balaban J connectivity index is 1.60. The van der Waals surface area contributed by atoms with E-state index in [0.717, 1.165) is 72.2 Å². The van der Waals surface area contributed by atoms with Gasteiger partial charge < -0.3 is 9.47 Å². The molecule has 0 radical (unpaired) electrons. The number of pyridine rings is 1. The number of morpholine rings is 1. The summed E-state index contributed by atoms with van der Waals surface area (Å²) < 4.78 is 13.1. The van der Waals surface area contributed by atoms with E-state index in [4.69, 9.17) is 14.5 Å². The van der Waals surface area contributed by atoms with Crippen LogP contribution in [0.3, 0.4) is 0 Å². The van der Waals surface area contributed by atoms with E-state index in [1.165, 1.54) is 5.56 Å². The Morgan fingerprint density at radius 3 is 2.77 bits per heavy atom. The van der Waals surface area contributed by atoms with Gasteiger partial charge in [0.1, 0.15) is 0 Å². The third kappa shape index (κ3) is 4.01. The van der Waals surface area contributed by atoms with Crippen LogP contribution in [0.2, 0.25) is 0 Å². The molecule has 160 valence electrons. The highest BCUT2D eigenvalue weighted by Gasteiger charge is 2.17. The number of hydrogen-bond acceptors (Lipinski definition) is 7. The molecule has 0 aliphatic carbocycles. The number of nitrogens with zero attached hydrogens (tertiary/aromatic N) is 6. The Kier molecular flexibility index (Phi) is 5.59. The Morgan fingerprint density at radius 1 is 1.06 bits per heavy atom. The molecule has 5 rings (SSSR count). The number of aryl methyl sites for hydroxylation is 1. The maximum Gasteiger partial charge on any atom is 0.183 e. The Bertz CT molecular complexity index is 1220. The highest BCUT2D eigenvalue weighted by Crippen LogP contribution is 2.26. The molecule has 1 fully saturated rings. The zero-order chi connectivity index (χ0) is 21.2. The second-order valence-corrected chi connectivity index (χ2v) is 7.81. The van der Waals surface area contributed by atoms with Gasteiger partial charge in [-0.05, 0) is 43.2 Å². The highest BCUT2D eigenvalue weighted by molar-refractivity contribution is 5.81. The van der Waals surface area contributed by atoms with E-state index in [-0.39, 0.29) is 0 Å². The molecule has 0 amide bonds. The molecule has 1 aliphatic heterocycles. The summed E-state index contributed by atoms with van der Waals surface area (Å²) in [6.07, 6.45) is 3.65. The van der Waals surface area contributed by atoms with Gasteiger partial charge in [-0.25, -0.2) is 4.98 Å². The van der Waals surface area contributed by atoms with E-state index >= 15 is 0 Å². The number of benzene rings is 1. The molecule has 0 unspecified atom stereocenters. The van der Waals surface area contributed by atoms with Gasteiger partial charge >= 0.3 is 0 Å². The summed E-state index contributed by atoms with van der Waals surface area (Å²) in [6, 6.07) is 8.52. The minimum Gasteiger partial charge on any atom is -0.379 e. The summed E-state index contributed by atoms with van der Waals surface area (Å²) in [4.78, 5) is 11.6. The van der Waals surface area contributed by atoms with Crippen molar-refractivity contribution in [3.05, 3.63) is 53.5 Å². The Labute approximate surface area is 180 Å². The van der Waals surface area contributed by atoms with Gasteiger partial charge in [0.15, 0.2) is 11.5 Å². The number of aromatic nitrogens is 5. The van der Waals surface area contributed by atoms with Crippen LogP contribution in [0.4, 0.5) is 0 Å². The van der Waals surface area contributed by atoms with E-state index in [9.17, 15) is 0 Å². The minimum absolute atomic E-state index is 0.527. The smallest absolute Gasteiger partial charge is 0.183 e. The fraction of sp³-hybridized carbons (Fsp3) is 0.391. The number of ether oxygens (including phenoxy) is 2. The predicted molar refractivity (Wildman–Crippen MR) is 118 cm³/mol. The second kappa shape index (κ2) is 8.66. The van der Waals surface area contributed by atoms with Crippen LogP contribution in [-0.4, -0.2) is 62.4 Å². The van der Waals surface area contributed by atoms with Crippen molar-refractivity contribution in [2.24, 2.45) is 0 Å². The fourth-order valence-electron chi connectivity index (χ4n) is 4.03. The van der Waals surface area contributed by atoms with Crippen LogP contribution in [0.5, 0.6) is 0 Å². The molecule has 4 heterocycles. The third-order valence-corrected chi connectivity index (χ3v) is 5.59. The average Bonchev–Trinajstić information content (AvgIpc) is 3.25. The molecule has 8 nitrogen and oxygen atoms in total. The van der Waals surface area contributed by atoms with Gasteiger partial charge in [0.2, 0.25) is 0 Å². The summed E-state index contributed by atoms with van der Waals surface area (Å²) >= 11 is 0. The molecular formula is C23H26N6O2. The highest BCUT2D eigenvalue weighted by atomic mass is 16.5. The van der Waals surface area contributed by atoms with Gasteiger partial charge in [0, 0.05) is 44.2 Å². The van der Waals surface area contributed by atoms with Crippen molar-refractivity contribution in [3.8, 4) is 11.4 Å². The first kappa shape index (κ1) is 20.0. The van der Waals surface area contributed by atoms with Crippen LogP contribution in [0, 0.1) is 6.92 Å². The zero-order valence-electron chi connectivity index (χ0n) is 17.9. The van der Waals surface area contributed by atoms with Crippen molar-refractivity contribution >= 4 is 16.7 Å². The SMILES string of the molecule is CCOCc1cncc(-c2nnc3c(C)nc4ccc(CN5CCOCC5)cc4n23)c1. The van der Waals surface area contributed by atoms with Crippen molar-refractivity contribution in [2.45, 2.75) is 27.0 Å². The predicted octanol–water partition coefficient (Wildman–Crippen LogP) is 3.02. The van der Waals surface area contributed by atoms with Crippen LogP contribution >= 0.6 is 0 Å². The number of rotatable bonds is 6. The Morgan fingerprint density at radius 2 is 1.94 bits per heavy atom. The third-order valence-electron chi connectivity index (χ3n) is 5.59. The second-order valence-electron chi connectivity index (χ2n) is 7.81. The van der Waals surface area contributed by atoms with Gasteiger partial charge in [-0.2, -0.15) is 0 Å². The summed E-state index contributed by atoms with van der Waals surface area (Å²) in [5.41, 5.74) is 6.71. The van der Waals surface area contributed by atoms with Crippen LogP contribution in [0.25, 0.3) is 28.1 Å². The van der Waals surface area contributed by atoms with Crippen molar-refractivity contribution in [1.29, 1.82) is 0 Å². The van der Waals surface area contributed by atoms with Crippen molar-refractivity contribution in [1.82, 2.24) is 29.5 Å². The molecule has 0 bridgehead atoms. The first-order valence-electron chi connectivity index (χ1n) is 10.7. The molecule has 1 saturated heterocycles. The lowest BCUT2D eigenvalue weighted by Gasteiger charge is -2.26. The summed E-state index contributed by atoms with van der Waals surface area (Å²) in [5, 5.41) is 8.95. The lowest BCUT2D eigenvalue weighted by atomic mass is 10.1. The van der Waals surface area contributed by atoms with Gasteiger partial charge in [0.05, 0.1) is 36.5 Å². The molecule has 0 N–H and O–H groups in total. The quantitative estimate of drug-likeness (QED) is 0.476. The summed E-state index contributed by atoms with van der Waals surface area (Å²) in [5.74, 6) is 0.764. The van der Waals surface area contributed by atoms with Gasteiger partial charge in [0.25, 0.3) is 0 Å². The summed E-state index contributed by atoms with van der Waals surface area (Å²) in [6.45, 7) is 9.53. The van der Waals surface area contributed by atoms with Crippen LogP contribution in [0.15, 0.2) is 36.7 Å². The van der Waals surface area contributed by atoms with Gasteiger partial charge in [-0.3, -0.25) is 14.3 Å². The monoisotopic (exact) mass is 418 g/mol. The van der Waals surface area contributed by atoms with Gasteiger partial charge in [-0.15, -0.1) is 10.2 Å². The van der Waals surface area contributed by atoms with Crippen molar-refractivity contribution in [3.63, 3.8) is 0 Å². The zero-order valence-corrected chi connectivity index (χ0v) is 17.9. The van der Waals surface area contributed by atoms with Crippen molar-refractivity contribution in [2.75, 3.05) is 32.9 Å². The van der Waals surface area contributed by atoms with Crippen LogP contribution < -0.4 is 0 Å². The average molecular weight is 419 g/mol. The molecular weight excluding hydrogens is 392 g/mol. The topological polar surface area (TPSA) is 77.7 Å². The van der Waals surface area contributed by atoms with Crippen LogP contribution in [-0.2, 0) is 22.6 Å². The molecule has 31 heavy (non-hydrogen) atoms. The number of fused-ring (bicyclic) bond motifs is 3. The minimum atomic E-state index is 0.527. The molecule has 1 aromatic carbocycles. The summed E-state index contributed by atoms with van der Waals surface area (Å²) in [7, 11) is 0. The van der Waals surface area contributed by atoms with E-state index < -0.39 is 0 Å². The first-order chi connectivity index (χ1) is 15.2. The Hall–Kier alpha value is -2.94. The van der Waals surface area contributed by atoms with E-state index in [1.54, 1.807) is 0 Å². The normalized spacial score (nSPS) is 15.2. The van der Waals surface area contributed by atoms with E-state index in [1.807, 2.05) is 26.2 Å². The molecule has 4 aromatic rings. The largest absolute Gasteiger partial charge is 0.379 e. The standard InChI is InChI=1S/C23H26N6O2/c1-3-30-15-18-10-19(13-24-12-18)23-27-26-22-16(2)25-20-5-4-17(11-21(20)29(22)23)14-28-6-8-31-9-7-28/h4-5,10-13H,3,6-9,14-15H2,1-2H3. The molecule has 1 aliphatic rings. The molecule has 3 aromatic heterocycles. The fourth-order valence-corrected chi connectivity index (χ4v) is 4.03. The van der Waals surface area contributed by atoms with Gasteiger partial charge in [-0.1, -0.05) is 6.07 Å². The van der Waals surface area contributed by atoms with Crippen LogP contribution in [0.1, 0.15) is 23.7 Å². The molecule has 0 saturated carbocycles. The first-order valence-corrected chi connectivity index (χ1v) is 10.7.